The van der Waals surface area contributed by atoms with Gasteiger partial charge in [-0.15, -0.1) is 0 Å². The summed E-state index contributed by atoms with van der Waals surface area (Å²) in [5, 5.41) is 3.70. The normalized spacial score (nSPS) is 11.8. The minimum absolute atomic E-state index is 0.112. The molecule has 0 aliphatic rings. The van der Waals surface area contributed by atoms with Crippen LogP contribution in [0.1, 0.15) is 16.1 Å². The Bertz CT molecular complexity index is 576. The van der Waals surface area contributed by atoms with E-state index in [0.29, 0.717) is 0 Å². The van der Waals surface area contributed by atoms with Gasteiger partial charge in [0.15, 0.2) is 5.65 Å². The number of carbonyl (C=O) groups is 1. The molecule has 2 aromatic heterocycles. The van der Waals surface area contributed by atoms with E-state index in [4.69, 9.17) is 0 Å². The number of halogens is 3. The summed E-state index contributed by atoms with van der Waals surface area (Å²) in [6, 6.07) is 0.779. The van der Waals surface area contributed by atoms with Crippen molar-refractivity contribution in [2.24, 2.45) is 0 Å². The van der Waals surface area contributed by atoms with Crippen molar-refractivity contribution < 1.29 is 22.7 Å². The van der Waals surface area contributed by atoms with Gasteiger partial charge in [0.1, 0.15) is 11.3 Å². The second-order valence-electron chi connectivity index (χ2n) is 3.13. The van der Waals surface area contributed by atoms with Crippen molar-refractivity contribution in [2.75, 3.05) is 7.11 Å². The zero-order valence-electron chi connectivity index (χ0n) is 8.52. The van der Waals surface area contributed by atoms with Crippen LogP contribution < -0.4 is 0 Å². The van der Waals surface area contributed by atoms with E-state index < -0.39 is 17.8 Å². The highest BCUT2D eigenvalue weighted by molar-refractivity contribution is 5.95. The first-order valence-electron chi connectivity index (χ1n) is 4.43. The van der Waals surface area contributed by atoms with Gasteiger partial charge in [-0.2, -0.15) is 18.3 Å². The van der Waals surface area contributed by atoms with Crippen molar-refractivity contribution in [1.82, 2.24) is 14.6 Å². The molecule has 5 nitrogen and oxygen atoms in total. The fourth-order valence-corrected chi connectivity index (χ4v) is 1.28. The van der Waals surface area contributed by atoms with Crippen molar-refractivity contribution in [3.63, 3.8) is 0 Å². The molecule has 0 unspecified atom stereocenters. The second kappa shape index (κ2) is 3.72. The summed E-state index contributed by atoms with van der Waals surface area (Å²) < 4.78 is 42.8. The minimum atomic E-state index is -4.57. The van der Waals surface area contributed by atoms with Gasteiger partial charge in [0.25, 0.3) is 0 Å². The zero-order chi connectivity index (χ0) is 12.6. The summed E-state index contributed by atoms with van der Waals surface area (Å²) in [6.07, 6.45) is -2.38. The van der Waals surface area contributed by atoms with E-state index in [2.05, 4.69) is 14.8 Å². The van der Waals surface area contributed by atoms with Crippen LogP contribution >= 0.6 is 0 Å². The van der Waals surface area contributed by atoms with Gasteiger partial charge in [-0.05, 0) is 6.07 Å². The molecule has 90 valence electrons. The van der Waals surface area contributed by atoms with Crippen LogP contribution in [0.15, 0.2) is 18.5 Å². The number of alkyl halides is 3. The molecule has 8 heteroatoms. The first kappa shape index (κ1) is 11.4. The van der Waals surface area contributed by atoms with E-state index in [1.165, 1.54) is 0 Å². The fraction of sp³-hybridized carbons (Fsp3) is 0.222. The van der Waals surface area contributed by atoms with Crippen molar-refractivity contribution >= 4 is 11.6 Å². The van der Waals surface area contributed by atoms with Gasteiger partial charge in [-0.3, -0.25) is 0 Å². The Morgan fingerprint density at radius 1 is 1.47 bits per heavy atom. The highest BCUT2D eigenvalue weighted by Crippen LogP contribution is 2.27. The monoisotopic (exact) mass is 245 g/mol. The smallest absolute Gasteiger partial charge is 0.433 e. The third kappa shape index (κ3) is 1.93. The molecule has 0 spiro atoms. The van der Waals surface area contributed by atoms with Gasteiger partial charge >= 0.3 is 12.1 Å². The zero-order valence-corrected chi connectivity index (χ0v) is 8.52. The van der Waals surface area contributed by atoms with Crippen LogP contribution in [-0.4, -0.2) is 27.7 Å². The van der Waals surface area contributed by atoms with Crippen LogP contribution in [0.3, 0.4) is 0 Å². The molecule has 0 aromatic carbocycles. The highest BCUT2D eigenvalue weighted by atomic mass is 19.4. The summed E-state index contributed by atoms with van der Waals surface area (Å²) in [6.45, 7) is 0. The van der Waals surface area contributed by atoms with Gasteiger partial charge in [0.2, 0.25) is 0 Å². The number of nitrogens with zero attached hydrogens (tertiary/aromatic N) is 3. The summed E-state index contributed by atoms with van der Waals surface area (Å²) in [5.74, 6) is -0.785. The van der Waals surface area contributed by atoms with Gasteiger partial charge in [0, 0.05) is 6.20 Å². The Balaban J connectivity index is 2.62. The lowest BCUT2D eigenvalue weighted by atomic mass is 10.3. The number of carbonyl (C=O) groups excluding carboxylic acids is 1. The molecule has 0 atom stereocenters. The van der Waals surface area contributed by atoms with Gasteiger partial charge < -0.3 is 4.74 Å². The Labute approximate surface area is 92.8 Å². The van der Waals surface area contributed by atoms with Gasteiger partial charge in [-0.25, -0.2) is 14.3 Å². The molecular formula is C9H6F3N3O2. The first-order valence-corrected chi connectivity index (χ1v) is 4.43. The predicted octanol–water partition coefficient (Wildman–Crippen LogP) is 1.53. The van der Waals surface area contributed by atoms with Crippen LogP contribution in [0.4, 0.5) is 13.2 Å². The first-order chi connectivity index (χ1) is 7.93. The average molecular weight is 245 g/mol. The van der Waals surface area contributed by atoms with Crippen LogP contribution in [-0.2, 0) is 10.9 Å². The average Bonchev–Trinajstić information content (AvgIpc) is 2.69. The standard InChI is InChI=1S/C9H6F3N3O2/c1-17-8(16)5-4-13-15-3-2-6(9(10,11)12)14-7(5)15/h2-4H,1H3. The third-order valence-electron chi connectivity index (χ3n) is 2.06. The van der Waals surface area contributed by atoms with E-state index in [1.54, 1.807) is 0 Å². The predicted molar refractivity (Wildman–Crippen MR) is 49.3 cm³/mol. The quantitative estimate of drug-likeness (QED) is 0.715. The molecule has 0 aliphatic heterocycles. The van der Waals surface area contributed by atoms with Crippen LogP contribution in [0.2, 0.25) is 0 Å². The maximum absolute atomic E-state index is 12.4. The van der Waals surface area contributed by atoms with Gasteiger partial charge in [-0.1, -0.05) is 0 Å². The number of esters is 1. The van der Waals surface area contributed by atoms with Crippen molar-refractivity contribution in [1.29, 1.82) is 0 Å². The molecule has 0 N–H and O–H groups in total. The molecule has 0 aliphatic carbocycles. The fourth-order valence-electron chi connectivity index (χ4n) is 1.28. The van der Waals surface area contributed by atoms with E-state index in [9.17, 15) is 18.0 Å². The van der Waals surface area contributed by atoms with Gasteiger partial charge in [0.05, 0.1) is 13.3 Å². The molecule has 0 radical (unpaired) electrons. The Kier molecular flexibility index (Phi) is 2.49. The largest absolute Gasteiger partial charge is 0.465 e. The molecule has 0 saturated heterocycles. The molecule has 2 heterocycles. The molecule has 17 heavy (non-hydrogen) atoms. The minimum Gasteiger partial charge on any atom is -0.465 e. The number of ether oxygens (including phenoxy) is 1. The number of hydrogen-bond donors (Lipinski definition) is 0. The van der Waals surface area contributed by atoms with E-state index in [1.807, 2.05) is 0 Å². The lowest BCUT2D eigenvalue weighted by Crippen LogP contribution is -2.10. The number of hydrogen-bond acceptors (Lipinski definition) is 4. The maximum Gasteiger partial charge on any atom is 0.433 e. The SMILES string of the molecule is COC(=O)c1cnn2ccc(C(F)(F)F)nc12. The molecule has 0 saturated carbocycles. The summed E-state index contributed by atoms with van der Waals surface area (Å²) in [4.78, 5) is 14.6. The second-order valence-corrected chi connectivity index (χ2v) is 3.13. The summed E-state index contributed by atoms with van der Waals surface area (Å²) in [7, 11) is 1.12. The Hall–Kier alpha value is -2.12. The molecule has 2 aromatic rings. The summed E-state index contributed by atoms with van der Waals surface area (Å²) in [5.41, 5.74) is -1.39. The molecule has 0 amide bonds. The molecular weight excluding hydrogens is 239 g/mol. The van der Waals surface area contributed by atoms with Crippen molar-refractivity contribution in [3.05, 3.63) is 29.7 Å². The Morgan fingerprint density at radius 3 is 2.76 bits per heavy atom. The Morgan fingerprint density at radius 2 is 2.18 bits per heavy atom. The van der Waals surface area contributed by atoms with Crippen LogP contribution in [0.5, 0.6) is 0 Å². The number of methoxy groups -OCH3 is 1. The molecule has 0 fully saturated rings. The lowest BCUT2D eigenvalue weighted by molar-refractivity contribution is -0.141. The van der Waals surface area contributed by atoms with Crippen molar-refractivity contribution in [3.8, 4) is 0 Å². The topological polar surface area (TPSA) is 56.5 Å². The van der Waals surface area contributed by atoms with Crippen LogP contribution in [0, 0.1) is 0 Å². The van der Waals surface area contributed by atoms with E-state index in [-0.39, 0.29) is 11.2 Å². The molecule has 2 rings (SSSR count). The van der Waals surface area contributed by atoms with E-state index >= 15 is 0 Å². The third-order valence-corrected chi connectivity index (χ3v) is 2.06. The number of aromatic nitrogens is 3. The summed E-state index contributed by atoms with van der Waals surface area (Å²) >= 11 is 0. The van der Waals surface area contributed by atoms with E-state index in [0.717, 1.165) is 30.1 Å². The number of fused-ring (bicyclic) bond motifs is 1. The van der Waals surface area contributed by atoms with Crippen LogP contribution in [0.25, 0.3) is 5.65 Å². The maximum atomic E-state index is 12.4. The lowest BCUT2D eigenvalue weighted by Gasteiger charge is -2.05. The molecule has 0 bridgehead atoms. The highest BCUT2D eigenvalue weighted by Gasteiger charge is 2.33. The number of rotatable bonds is 1. The van der Waals surface area contributed by atoms with Crippen molar-refractivity contribution in [2.45, 2.75) is 6.18 Å².